The van der Waals surface area contributed by atoms with Gasteiger partial charge < -0.3 is 19.3 Å². The number of carbonyl (C=O) groups excluding carboxylic acids is 1. The zero-order valence-corrected chi connectivity index (χ0v) is 24.0. The molecule has 0 saturated carbocycles. The third kappa shape index (κ3) is 6.97. The molecule has 2 heterocycles. The van der Waals surface area contributed by atoms with Crippen LogP contribution in [0.2, 0.25) is 0 Å². The summed E-state index contributed by atoms with van der Waals surface area (Å²) < 4.78 is 85.9. The molecule has 16 heteroatoms. The molecule has 1 aromatic carbocycles. The lowest BCUT2D eigenvalue weighted by Gasteiger charge is -2.36. The van der Waals surface area contributed by atoms with Crippen molar-refractivity contribution >= 4 is 33.5 Å². The second-order valence-electron chi connectivity index (χ2n) is 9.75. The Balaban J connectivity index is 2.04. The summed E-state index contributed by atoms with van der Waals surface area (Å²) >= 11 is 0. The van der Waals surface area contributed by atoms with Gasteiger partial charge in [-0.2, -0.15) is 13.2 Å². The van der Waals surface area contributed by atoms with Crippen LogP contribution >= 0.6 is 0 Å². The number of alkyl halides is 3. The zero-order chi connectivity index (χ0) is 30.8. The number of nitrogens with zero attached hydrogens (tertiary/aromatic N) is 3. The van der Waals surface area contributed by atoms with E-state index in [1.165, 1.54) is 29.1 Å². The lowest BCUT2D eigenvalue weighted by molar-refractivity contribution is -0.242. The first-order valence-electron chi connectivity index (χ1n) is 12.9. The van der Waals surface area contributed by atoms with Gasteiger partial charge in [-0.3, -0.25) is 19.1 Å². The van der Waals surface area contributed by atoms with E-state index in [1.807, 2.05) is 0 Å². The molecule has 0 spiro atoms. The summed E-state index contributed by atoms with van der Waals surface area (Å²) in [5.74, 6) is -1.94. The second kappa shape index (κ2) is 12.0. The average Bonchev–Trinajstić information content (AvgIpc) is 3.29. The smallest absolute Gasteiger partial charge is 0.427 e. The first kappa shape index (κ1) is 31.8. The molecular formula is C25H33F3N4O8S. The highest BCUT2D eigenvalue weighted by atomic mass is 32.2. The Bertz CT molecular complexity index is 1380. The first-order chi connectivity index (χ1) is 19.0. The molecule has 1 aliphatic heterocycles. The average molecular weight is 607 g/mol. The van der Waals surface area contributed by atoms with Gasteiger partial charge in [0.15, 0.2) is 4.90 Å². The Hall–Kier alpha value is -3.69. The lowest BCUT2D eigenvalue weighted by atomic mass is 9.98. The van der Waals surface area contributed by atoms with E-state index in [1.54, 1.807) is 20.8 Å². The Labute approximate surface area is 235 Å². The monoisotopic (exact) mass is 606 g/mol. The molecule has 1 aromatic heterocycles. The van der Waals surface area contributed by atoms with E-state index in [2.05, 4.69) is 15.2 Å². The van der Waals surface area contributed by atoms with E-state index < -0.39 is 45.9 Å². The van der Waals surface area contributed by atoms with Crippen molar-refractivity contribution in [3.8, 4) is 11.6 Å². The molecule has 2 N–H and O–H groups in total. The summed E-state index contributed by atoms with van der Waals surface area (Å²) in [6.45, 7) is 6.67. The third-order valence-electron chi connectivity index (χ3n) is 6.43. The van der Waals surface area contributed by atoms with E-state index in [0.29, 0.717) is 20.4 Å². The summed E-state index contributed by atoms with van der Waals surface area (Å²) in [6.07, 6.45) is -5.51. The Morgan fingerprint density at radius 2 is 1.93 bits per heavy atom. The summed E-state index contributed by atoms with van der Waals surface area (Å²) in [5.41, 5.74) is -2.89. The number of carboxylic acid groups (broad SMARTS) is 1. The molecule has 1 aliphatic rings. The molecule has 228 valence electrons. The highest BCUT2D eigenvalue weighted by Gasteiger charge is 2.51. The number of anilines is 2. The minimum absolute atomic E-state index is 0.00266. The molecule has 2 aromatic rings. The number of fused-ring (bicyclic) bond motifs is 1. The minimum Gasteiger partial charge on any atom is -0.486 e. The minimum atomic E-state index is -4.83. The van der Waals surface area contributed by atoms with Crippen LogP contribution in [0.4, 0.5) is 29.3 Å². The van der Waals surface area contributed by atoms with Crippen LogP contribution < -0.4 is 19.1 Å². The highest BCUT2D eigenvalue weighted by molar-refractivity contribution is 7.93. The van der Waals surface area contributed by atoms with E-state index in [0.717, 1.165) is 4.31 Å². The van der Waals surface area contributed by atoms with Gasteiger partial charge in [0.05, 0.1) is 24.8 Å². The van der Waals surface area contributed by atoms with Gasteiger partial charge in [0.2, 0.25) is 5.60 Å². The molecule has 0 bridgehead atoms. The fourth-order valence-corrected chi connectivity index (χ4v) is 5.59. The van der Waals surface area contributed by atoms with Crippen molar-refractivity contribution in [3.63, 3.8) is 0 Å². The quantitative estimate of drug-likeness (QED) is 0.373. The largest absolute Gasteiger partial charge is 0.486 e. The summed E-state index contributed by atoms with van der Waals surface area (Å²) in [5, 5.41) is 15.9. The number of halogens is 3. The standard InChI is InChI=1S/C25H33F3N4O8S/c1-6-15(22(33)34)11-17-13-32(41(36,37)20-14-31(7-2)30-21(20)38-8-3)18-12-16(9-10-19(18)39-17)29-23(35)40-24(4,5)25(26,27)28/h9-10,12,14-15,17H,6-8,11,13H2,1-5H3,(H,29,35)(H,33,34)/t15-,17+/m1/s1. The van der Waals surface area contributed by atoms with Crippen LogP contribution in [0.5, 0.6) is 11.6 Å². The number of aliphatic carboxylic acids is 1. The van der Waals surface area contributed by atoms with Gasteiger partial charge in [-0.25, -0.2) is 13.2 Å². The van der Waals surface area contributed by atoms with Crippen LogP contribution in [0.3, 0.4) is 0 Å². The predicted octanol–water partition coefficient (Wildman–Crippen LogP) is 4.65. The molecule has 1 amide bonds. The lowest BCUT2D eigenvalue weighted by Crippen LogP contribution is -2.45. The van der Waals surface area contributed by atoms with E-state index >= 15 is 0 Å². The van der Waals surface area contributed by atoms with Crippen LogP contribution in [0.15, 0.2) is 29.3 Å². The number of hydrogen-bond acceptors (Lipinski definition) is 8. The molecule has 2 atom stereocenters. The second-order valence-corrected chi connectivity index (χ2v) is 11.6. The Morgan fingerprint density at radius 1 is 1.24 bits per heavy atom. The molecule has 0 radical (unpaired) electrons. The number of ether oxygens (including phenoxy) is 3. The summed E-state index contributed by atoms with van der Waals surface area (Å²) in [6, 6.07) is 3.84. The molecule has 41 heavy (non-hydrogen) atoms. The molecule has 0 aliphatic carbocycles. The van der Waals surface area contributed by atoms with Gasteiger partial charge in [0, 0.05) is 18.4 Å². The Morgan fingerprint density at radius 3 is 2.49 bits per heavy atom. The number of amides is 1. The fourth-order valence-electron chi connectivity index (χ4n) is 4.01. The van der Waals surface area contributed by atoms with Crippen LogP contribution in [0, 0.1) is 5.92 Å². The normalized spacial score (nSPS) is 16.4. The van der Waals surface area contributed by atoms with Gasteiger partial charge in [-0.15, -0.1) is 5.10 Å². The van der Waals surface area contributed by atoms with Crippen molar-refractivity contribution in [1.29, 1.82) is 0 Å². The zero-order valence-electron chi connectivity index (χ0n) is 23.2. The van der Waals surface area contributed by atoms with Crippen LogP contribution in [-0.2, 0) is 26.1 Å². The number of aryl methyl sites for hydroxylation is 1. The summed E-state index contributed by atoms with van der Waals surface area (Å²) in [7, 11) is -4.40. The molecule has 0 saturated heterocycles. The maximum atomic E-state index is 14.0. The van der Waals surface area contributed by atoms with Crippen molar-refractivity contribution in [1.82, 2.24) is 9.78 Å². The van der Waals surface area contributed by atoms with Crippen molar-refractivity contribution in [2.24, 2.45) is 5.92 Å². The number of nitrogens with one attached hydrogen (secondary N) is 1. The van der Waals surface area contributed by atoms with Crippen molar-refractivity contribution in [3.05, 3.63) is 24.4 Å². The van der Waals surface area contributed by atoms with Crippen molar-refractivity contribution in [2.45, 2.75) is 76.8 Å². The number of carbonyl (C=O) groups is 2. The molecule has 3 rings (SSSR count). The third-order valence-corrected chi connectivity index (χ3v) is 8.19. The topological polar surface area (TPSA) is 149 Å². The number of aromatic nitrogens is 2. The van der Waals surface area contributed by atoms with E-state index in [-0.39, 0.29) is 53.9 Å². The van der Waals surface area contributed by atoms with Crippen molar-refractivity contribution in [2.75, 3.05) is 22.8 Å². The highest BCUT2D eigenvalue weighted by Crippen LogP contribution is 2.41. The van der Waals surface area contributed by atoms with Crippen LogP contribution in [0.25, 0.3) is 0 Å². The predicted molar refractivity (Wildman–Crippen MR) is 141 cm³/mol. The van der Waals surface area contributed by atoms with Crippen molar-refractivity contribution < 1.29 is 50.5 Å². The number of rotatable bonds is 11. The van der Waals surface area contributed by atoms with Gasteiger partial charge >= 0.3 is 18.2 Å². The summed E-state index contributed by atoms with van der Waals surface area (Å²) in [4.78, 5) is 23.7. The van der Waals surface area contributed by atoms with Gasteiger partial charge in [-0.05, 0) is 58.7 Å². The van der Waals surface area contributed by atoms with Gasteiger partial charge in [0.1, 0.15) is 11.9 Å². The van der Waals surface area contributed by atoms with E-state index in [4.69, 9.17) is 9.47 Å². The maximum absolute atomic E-state index is 14.0. The molecule has 0 unspecified atom stereocenters. The van der Waals surface area contributed by atoms with E-state index in [9.17, 15) is 36.3 Å². The SMILES string of the molecule is CCOc1nn(CC)cc1S(=O)(=O)N1C[C@H](C[C@@H](CC)C(=O)O)Oc2ccc(NC(=O)OC(C)(C)C(F)(F)F)cc21. The maximum Gasteiger partial charge on any atom is 0.427 e. The number of carboxylic acids is 1. The van der Waals surface area contributed by atoms with Crippen LogP contribution in [0.1, 0.15) is 47.5 Å². The van der Waals surface area contributed by atoms with Gasteiger partial charge in [-0.1, -0.05) is 6.92 Å². The first-order valence-corrected chi connectivity index (χ1v) is 14.3. The fraction of sp³-hybridized carbons (Fsp3) is 0.560. The van der Waals surface area contributed by atoms with Gasteiger partial charge in [0.25, 0.3) is 15.9 Å². The molecule has 0 fully saturated rings. The van der Waals surface area contributed by atoms with Crippen LogP contribution in [-0.4, -0.2) is 66.4 Å². The molecular weight excluding hydrogens is 573 g/mol. The number of benzene rings is 1. The Kier molecular flexibility index (Phi) is 9.35. The number of sulfonamides is 1. The number of hydrogen-bond donors (Lipinski definition) is 2. The molecule has 12 nitrogen and oxygen atoms in total.